The molecule has 0 bridgehead atoms. The van der Waals surface area contributed by atoms with Gasteiger partial charge in [0.25, 0.3) is 0 Å². The highest BCUT2D eigenvalue weighted by Crippen LogP contribution is 2.13. The SMILES string of the molecule is COC(=O)c1ncccc1-n1nccc1C. The molecule has 0 N–H and O–H groups in total. The van der Waals surface area contributed by atoms with E-state index < -0.39 is 5.97 Å². The number of hydrogen-bond acceptors (Lipinski definition) is 4. The van der Waals surface area contributed by atoms with E-state index in [-0.39, 0.29) is 5.69 Å². The molecule has 2 heterocycles. The summed E-state index contributed by atoms with van der Waals surface area (Å²) in [5.41, 5.74) is 1.81. The molecule has 16 heavy (non-hydrogen) atoms. The van der Waals surface area contributed by atoms with E-state index in [1.807, 2.05) is 13.0 Å². The van der Waals surface area contributed by atoms with E-state index in [1.54, 1.807) is 29.2 Å². The van der Waals surface area contributed by atoms with Crippen molar-refractivity contribution in [2.75, 3.05) is 7.11 Å². The second-order valence-corrected chi connectivity index (χ2v) is 3.25. The highest BCUT2D eigenvalue weighted by atomic mass is 16.5. The Balaban J connectivity index is 2.57. The maximum atomic E-state index is 11.5. The minimum Gasteiger partial charge on any atom is -0.464 e. The zero-order chi connectivity index (χ0) is 11.5. The minimum absolute atomic E-state index is 0.261. The predicted molar refractivity (Wildman–Crippen MR) is 57.4 cm³/mol. The number of nitrogens with zero attached hydrogens (tertiary/aromatic N) is 3. The molecule has 0 unspecified atom stereocenters. The lowest BCUT2D eigenvalue weighted by atomic mass is 10.3. The lowest BCUT2D eigenvalue weighted by Gasteiger charge is -2.07. The molecule has 0 atom stereocenters. The van der Waals surface area contributed by atoms with Crippen molar-refractivity contribution < 1.29 is 9.53 Å². The van der Waals surface area contributed by atoms with E-state index >= 15 is 0 Å². The van der Waals surface area contributed by atoms with Gasteiger partial charge in [-0.15, -0.1) is 0 Å². The lowest BCUT2D eigenvalue weighted by molar-refractivity contribution is 0.0594. The highest BCUT2D eigenvalue weighted by molar-refractivity contribution is 5.91. The first kappa shape index (κ1) is 10.4. The first-order chi connectivity index (χ1) is 7.74. The molecule has 5 heteroatoms. The van der Waals surface area contributed by atoms with Crippen LogP contribution in [0.15, 0.2) is 30.6 Å². The normalized spacial score (nSPS) is 10.1. The Morgan fingerprint density at radius 3 is 2.81 bits per heavy atom. The number of hydrogen-bond donors (Lipinski definition) is 0. The lowest BCUT2D eigenvalue weighted by Crippen LogP contribution is -2.11. The molecule has 0 aliphatic rings. The molecule has 0 spiro atoms. The van der Waals surface area contributed by atoms with Gasteiger partial charge >= 0.3 is 5.97 Å². The molecule has 2 aromatic rings. The summed E-state index contributed by atoms with van der Waals surface area (Å²) < 4.78 is 6.32. The number of aryl methyl sites for hydroxylation is 1. The molecule has 2 rings (SSSR count). The van der Waals surface area contributed by atoms with Gasteiger partial charge in [-0.2, -0.15) is 5.10 Å². The van der Waals surface area contributed by atoms with E-state index in [0.29, 0.717) is 5.69 Å². The Morgan fingerprint density at radius 2 is 2.19 bits per heavy atom. The molecule has 0 amide bonds. The summed E-state index contributed by atoms with van der Waals surface area (Å²) in [6, 6.07) is 5.39. The van der Waals surface area contributed by atoms with Crippen molar-refractivity contribution in [3.8, 4) is 5.69 Å². The van der Waals surface area contributed by atoms with Crippen LogP contribution in [0.2, 0.25) is 0 Å². The topological polar surface area (TPSA) is 57.0 Å². The number of aromatic nitrogens is 3. The summed E-state index contributed by atoms with van der Waals surface area (Å²) in [5, 5.41) is 4.13. The van der Waals surface area contributed by atoms with E-state index in [1.165, 1.54) is 7.11 Å². The Bertz CT molecular complexity index is 519. The van der Waals surface area contributed by atoms with Crippen LogP contribution in [-0.2, 0) is 4.74 Å². The fourth-order valence-electron chi connectivity index (χ4n) is 1.44. The fourth-order valence-corrected chi connectivity index (χ4v) is 1.44. The molecule has 0 aliphatic heterocycles. The Hall–Kier alpha value is -2.17. The van der Waals surface area contributed by atoms with E-state index in [0.717, 1.165) is 5.69 Å². The summed E-state index contributed by atoms with van der Waals surface area (Å²) in [6.45, 7) is 1.90. The van der Waals surface area contributed by atoms with Crippen LogP contribution in [0.25, 0.3) is 5.69 Å². The number of ether oxygens (including phenoxy) is 1. The third-order valence-electron chi connectivity index (χ3n) is 2.23. The molecular weight excluding hydrogens is 206 g/mol. The molecule has 0 radical (unpaired) electrons. The molecule has 82 valence electrons. The van der Waals surface area contributed by atoms with Gasteiger partial charge < -0.3 is 4.74 Å². The van der Waals surface area contributed by atoms with Gasteiger partial charge in [0.15, 0.2) is 5.69 Å². The summed E-state index contributed by atoms with van der Waals surface area (Å²) in [6.07, 6.45) is 3.22. The van der Waals surface area contributed by atoms with Gasteiger partial charge in [-0.25, -0.2) is 14.5 Å². The van der Waals surface area contributed by atoms with E-state index in [9.17, 15) is 4.79 Å². The zero-order valence-electron chi connectivity index (χ0n) is 9.04. The summed E-state index contributed by atoms with van der Waals surface area (Å²) in [7, 11) is 1.33. The number of carbonyl (C=O) groups excluding carboxylic acids is 1. The third-order valence-corrected chi connectivity index (χ3v) is 2.23. The van der Waals surface area contributed by atoms with Gasteiger partial charge in [0.05, 0.1) is 12.8 Å². The molecule has 2 aromatic heterocycles. The predicted octanol–water partition coefficient (Wildman–Crippen LogP) is 1.36. The van der Waals surface area contributed by atoms with Gasteiger partial charge in [-0.1, -0.05) is 0 Å². The first-order valence-electron chi connectivity index (χ1n) is 4.78. The van der Waals surface area contributed by atoms with Crippen LogP contribution in [-0.4, -0.2) is 27.8 Å². The van der Waals surface area contributed by atoms with Crippen LogP contribution in [0.3, 0.4) is 0 Å². The number of pyridine rings is 1. The van der Waals surface area contributed by atoms with E-state index in [2.05, 4.69) is 14.8 Å². The van der Waals surface area contributed by atoms with E-state index in [4.69, 9.17) is 0 Å². The quantitative estimate of drug-likeness (QED) is 0.713. The maximum absolute atomic E-state index is 11.5. The van der Waals surface area contributed by atoms with Crippen LogP contribution in [0.1, 0.15) is 16.2 Å². The molecule has 0 saturated heterocycles. The van der Waals surface area contributed by atoms with Crippen LogP contribution in [0.5, 0.6) is 0 Å². The van der Waals surface area contributed by atoms with Gasteiger partial charge in [0.1, 0.15) is 0 Å². The molecular formula is C11H11N3O2. The van der Waals surface area contributed by atoms with Crippen molar-refractivity contribution in [3.63, 3.8) is 0 Å². The molecule has 0 fully saturated rings. The summed E-state index contributed by atoms with van der Waals surface area (Å²) in [4.78, 5) is 15.5. The molecule has 0 aliphatic carbocycles. The van der Waals surface area contributed by atoms with Crippen molar-refractivity contribution >= 4 is 5.97 Å². The average Bonchev–Trinajstić information content (AvgIpc) is 2.74. The number of methoxy groups -OCH3 is 1. The van der Waals surface area contributed by atoms with Gasteiger partial charge in [-0.05, 0) is 25.1 Å². The Kier molecular flexibility index (Phi) is 2.68. The average molecular weight is 217 g/mol. The third kappa shape index (κ3) is 1.67. The Labute approximate surface area is 92.7 Å². The van der Waals surface area contributed by atoms with Crippen molar-refractivity contribution in [3.05, 3.63) is 42.0 Å². The van der Waals surface area contributed by atoms with Crippen molar-refractivity contribution in [1.82, 2.24) is 14.8 Å². The molecule has 5 nitrogen and oxygen atoms in total. The maximum Gasteiger partial charge on any atom is 0.358 e. The van der Waals surface area contributed by atoms with Crippen LogP contribution in [0.4, 0.5) is 0 Å². The van der Waals surface area contributed by atoms with Crippen LogP contribution < -0.4 is 0 Å². The molecule has 0 saturated carbocycles. The van der Waals surface area contributed by atoms with Crippen molar-refractivity contribution in [2.45, 2.75) is 6.92 Å². The fraction of sp³-hybridized carbons (Fsp3) is 0.182. The number of esters is 1. The van der Waals surface area contributed by atoms with Gasteiger partial charge in [0.2, 0.25) is 0 Å². The summed E-state index contributed by atoms with van der Waals surface area (Å²) >= 11 is 0. The highest BCUT2D eigenvalue weighted by Gasteiger charge is 2.15. The smallest absolute Gasteiger partial charge is 0.358 e. The largest absolute Gasteiger partial charge is 0.464 e. The van der Waals surface area contributed by atoms with Crippen molar-refractivity contribution in [1.29, 1.82) is 0 Å². The number of rotatable bonds is 2. The standard InChI is InChI=1S/C11H11N3O2/c1-8-5-7-13-14(8)9-4-3-6-12-10(9)11(15)16-2/h3-7H,1-2H3. The second-order valence-electron chi connectivity index (χ2n) is 3.25. The first-order valence-corrected chi connectivity index (χ1v) is 4.78. The minimum atomic E-state index is -0.467. The van der Waals surface area contributed by atoms with Crippen LogP contribution in [0, 0.1) is 6.92 Å². The second kappa shape index (κ2) is 4.14. The van der Waals surface area contributed by atoms with Crippen LogP contribution >= 0.6 is 0 Å². The van der Waals surface area contributed by atoms with Gasteiger partial charge in [-0.3, -0.25) is 0 Å². The summed E-state index contributed by atoms with van der Waals surface area (Å²) in [5.74, 6) is -0.467. The number of carbonyl (C=O) groups is 1. The zero-order valence-corrected chi connectivity index (χ0v) is 9.04. The molecule has 0 aromatic carbocycles. The Morgan fingerprint density at radius 1 is 1.38 bits per heavy atom. The van der Waals surface area contributed by atoms with Gasteiger partial charge in [0, 0.05) is 18.1 Å². The van der Waals surface area contributed by atoms with Crippen molar-refractivity contribution in [2.24, 2.45) is 0 Å². The monoisotopic (exact) mass is 217 g/mol.